The van der Waals surface area contributed by atoms with Gasteiger partial charge in [0.2, 0.25) is 5.91 Å². The molecule has 5 rings (SSSR count). The van der Waals surface area contributed by atoms with E-state index in [2.05, 4.69) is 32.0 Å². The predicted molar refractivity (Wildman–Crippen MR) is 140 cm³/mol. The van der Waals surface area contributed by atoms with Crippen LogP contribution in [0.4, 0.5) is 5.82 Å². The molecule has 1 aromatic heterocycles. The van der Waals surface area contributed by atoms with Gasteiger partial charge in [-0.25, -0.2) is 9.97 Å². The van der Waals surface area contributed by atoms with Crippen LogP contribution in [-0.4, -0.2) is 60.0 Å². The molecule has 1 atom stereocenters. The predicted octanol–water partition coefficient (Wildman–Crippen LogP) is 4.25. The van der Waals surface area contributed by atoms with E-state index in [0.29, 0.717) is 10.3 Å². The Morgan fingerprint density at radius 1 is 1.09 bits per heavy atom. The number of halogens is 3. The van der Waals surface area contributed by atoms with E-state index in [1.807, 2.05) is 36.0 Å². The molecule has 2 fully saturated rings. The molecule has 0 radical (unpaired) electrons. The van der Waals surface area contributed by atoms with Gasteiger partial charge in [-0.3, -0.25) is 4.79 Å². The molecule has 1 unspecified atom stereocenters. The lowest BCUT2D eigenvalue weighted by molar-refractivity contribution is -0.139. The van der Waals surface area contributed by atoms with E-state index in [9.17, 15) is 4.79 Å². The number of fused-ring (bicyclic) bond motifs is 1. The zero-order valence-corrected chi connectivity index (χ0v) is 21.8. The fourth-order valence-electron chi connectivity index (χ4n) is 5.16. The molecular weight excluding hydrogens is 501 g/mol. The van der Waals surface area contributed by atoms with Crippen LogP contribution in [0.5, 0.6) is 0 Å². The Hall–Kier alpha value is -1.25. The van der Waals surface area contributed by atoms with E-state index in [0.717, 1.165) is 74.9 Å². The third kappa shape index (κ3) is 4.94. The Bertz CT molecular complexity index is 963. The topological polar surface area (TPSA) is 61.4 Å². The summed E-state index contributed by atoms with van der Waals surface area (Å²) >= 11 is 8.04. The summed E-state index contributed by atoms with van der Waals surface area (Å²) < 4.78 is 0. The summed E-state index contributed by atoms with van der Waals surface area (Å²) in [6, 6.07) is 7.87. The lowest BCUT2D eigenvalue weighted by atomic mass is 9.72. The molecule has 33 heavy (non-hydrogen) atoms. The van der Waals surface area contributed by atoms with Gasteiger partial charge in [0.1, 0.15) is 12.1 Å². The van der Waals surface area contributed by atoms with Crippen molar-refractivity contribution in [2.45, 2.75) is 36.2 Å². The third-order valence-corrected chi connectivity index (χ3v) is 8.38. The van der Waals surface area contributed by atoms with Gasteiger partial charge >= 0.3 is 0 Å². The number of thioether (sulfide) groups is 1. The first-order valence-electron chi connectivity index (χ1n) is 11.0. The molecule has 3 aliphatic heterocycles. The first-order valence-corrected chi connectivity index (χ1v) is 12.5. The quantitative estimate of drug-likeness (QED) is 0.640. The highest BCUT2D eigenvalue weighted by Gasteiger charge is 2.44. The first kappa shape index (κ1) is 26.4. The second-order valence-corrected chi connectivity index (χ2v) is 10.4. The molecule has 3 aliphatic rings. The number of anilines is 1. The van der Waals surface area contributed by atoms with E-state index in [1.165, 1.54) is 5.56 Å². The number of rotatable bonds is 3. The normalized spacial score (nSPS) is 21.6. The summed E-state index contributed by atoms with van der Waals surface area (Å²) in [5, 5.41) is 4.55. The maximum absolute atomic E-state index is 13.9. The van der Waals surface area contributed by atoms with Gasteiger partial charge in [-0.1, -0.05) is 23.7 Å². The third-order valence-electron chi connectivity index (χ3n) is 6.95. The van der Waals surface area contributed by atoms with Crippen molar-refractivity contribution in [2.24, 2.45) is 0 Å². The summed E-state index contributed by atoms with van der Waals surface area (Å²) in [6.07, 6.45) is 3.33. The van der Waals surface area contributed by atoms with Crippen LogP contribution < -0.4 is 10.2 Å². The molecular formula is C23H30Cl3N5OS. The largest absolute Gasteiger partial charge is 0.353 e. The highest BCUT2D eigenvalue weighted by molar-refractivity contribution is 7.99. The minimum atomic E-state index is -0.459. The second kappa shape index (κ2) is 11.0. The number of piperidine rings is 1. The molecule has 2 saturated heterocycles. The van der Waals surface area contributed by atoms with Gasteiger partial charge in [-0.15, -0.1) is 36.6 Å². The number of aromatic nitrogens is 2. The Morgan fingerprint density at radius 3 is 2.42 bits per heavy atom. The summed E-state index contributed by atoms with van der Waals surface area (Å²) in [5.74, 6) is 2.28. The van der Waals surface area contributed by atoms with Crippen molar-refractivity contribution in [3.8, 4) is 0 Å². The fourth-order valence-corrected chi connectivity index (χ4v) is 6.34. The molecule has 2 aromatic rings. The van der Waals surface area contributed by atoms with Crippen molar-refractivity contribution in [1.29, 1.82) is 0 Å². The molecule has 10 heteroatoms. The minimum Gasteiger partial charge on any atom is -0.353 e. The highest BCUT2D eigenvalue weighted by atomic mass is 35.5. The van der Waals surface area contributed by atoms with Crippen molar-refractivity contribution < 1.29 is 4.79 Å². The maximum atomic E-state index is 13.9. The Kier molecular flexibility index (Phi) is 8.78. The SMILES string of the molecule is CC1SCc2ncnc(N3CCN(C(=O)C4(c5ccc(Cl)cc5)CCNCC4)CC3)c21.Cl.Cl. The van der Waals surface area contributed by atoms with Crippen LogP contribution in [0.15, 0.2) is 30.6 Å². The molecule has 0 bridgehead atoms. The van der Waals surface area contributed by atoms with Crippen LogP contribution in [-0.2, 0) is 16.0 Å². The summed E-state index contributed by atoms with van der Waals surface area (Å²) in [6.45, 7) is 7.01. The van der Waals surface area contributed by atoms with Crippen LogP contribution >= 0.6 is 48.2 Å². The summed E-state index contributed by atoms with van der Waals surface area (Å²) in [4.78, 5) is 27.4. The Balaban J connectivity index is 0.00000153. The number of hydrogen-bond acceptors (Lipinski definition) is 6. The van der Waals surface area contributed by atoms with Crippen molar-refractivity contribution in [2.75, 3.05) is 44.2 Å². The van der Waals surface area contributed by atoms with Gasteiger partial charge < -0.3 is 15.1 Å². The van der Waals surface area contributed by atoms with Crippen LogP contribution in [0.2, 0.25) is 5.02 Å². The zero-order chi connectivity index (χ0) is 21.4. The smallest absolute Gasteiger partial charge is 0.233 e. The molecule has 0 saturated carbocycles. The molecule has 1 amide bonds. The van der Waals surface area contributed by atoms with Gasteiger partial charge in [0, 0.05) is 47.8 Å². The summed E-state index contributed by atoms with van der Waals surface area (Å²) in [5.41, 5.74) is 3.07. The van der Waals surface area contributed by atoms with Gasteiger partial charge in [-0.05, 0) is 50.6 Å². The van der Waals surface area contributed by atoms with Gasteiger partial charge in [0.05, 0.1) is 11.1 Å². The number of carbonyl (C=O) groups is 1. The molecule has 0 aliphatic carbocycles. The number of carbonyl (C=O) groups excluding carboxylic acids is 1. The number of benzene rings is 1. The molecule has 0 spiro atoms. The number of hydrogen-bond donors (Lipinski definition) is 1. The van der Waals surface area contributed by atoms with E-state index >= 15 is 0 Å². The molecule has 6 nitrogen and oxygen atoms in total. The number of nitrogens with zero attached hydrogens (tertiary/aromatic N) is 4. The van der Waals surface area contributed by atoms with Crippen LogP contribution in [0, 0.1) is 0 Å². The van der Waals surface area contributed by atoms with Crippen molar-refractivity contribution in [1.82, 2.24) is 20.2 Å². The molecule has 1 N–H and O–H groups in total. The average molecular weight is 531 g/mol. The number of piperazine rings is 1. The lowest BCUT2D eigenvalue weighted by Gasteiger charge is -2.43. The first-order chi connectivity index (χ1) is 15.1. The van der Waals surface area contributed by atoms with Gasteiger partial charge in [-0.2, -0.15) is 0 Å². The standard InChI is InChI=1S/C23H28ClN5OS.2ClH/c1-16-20-19(14-31-16)26-15-27-21(20)28-10-12-29(13-11-28)22(30)23(6-8-25-9-7-23)17-2-4-18(24)5-3-17;;/h2-5,15-16,25H,6-14H2,1H3;2*1H. The van der Waals surface area contributed by atoms with Crippen LogP contribution in [0.1, 0.15) is 41.8 Å². The minimum absolute atomic E-state index is 0. The number of nitrogens with one attached hydrogen (secondary N) is 1. The Labute approximate surface area is 217 Å². The molecule has 180 valence electrons. The fraction of sp³-hybridized carbons (Fsp3) is 0.522. The van der Waals surface area contributed by atoms with Gasteiger partial charge in [0.15, 0.2) is 0 Å². The highest BCUT2D eigenvalue weighted by Crippen LogP contribution is 2.44. The Morgan fingerprint density at radius 2 is 1.76 bits per heavy atom. The van der Waals surface area contributed by atoms with Crippen molar-refractivity contribution >= 4 is 59.9 Å². The summed E-state index contributed by atoms with van der Waals surface area (Å²) in [7, 11) is 0. The van der Waals surface area contributed by atoms with Crippen molar-refractivity contribution in [3.05, 3.63) is 52.4 Å². The average Bonchev–Trinajstić information content (AvgIpc) is 3.21. The molecule has 4 heterocycles. The lowest BCUT2D eigenvalue weighted by Crippen LogP contribution is -2.57. The van der Waals surface area contributed by atoms with E-state index in [4.69, 9.17) is 11.6 Å². The second-order valence-electron chi connectivity index (χ2n) is 8.63. The maximum Gasteiger partial charge on any atom is 0.233 e. The van der Waals surface area contributed by atoms with E-state index in [1.54, 1.807) is 6.33 Å². The van der Waals surface area contributed by atoms with E-state index < -0.39 is 5.41 Å². The van der Waals surface area contributed by atoms with Crippen LogP contribution in [0.25, 0.3) is 0 Å². The van der Waals surface area contributed by atoms with Crippen molar-refractivity contribution in [3.63, 3.8) is 0 Å². The zero-order valence-electron chi connectivity index (χ0n) is 18.6. The number of amides is 1. The van der Waals surface area contributed by atoms with Gasteiger partial charge in [0.25, 0.3) is 0 Å². The monoisotopic (exact) mass is 529 g/mol. The van der Waals surface area contributed by atoms with E-state index in [-0.39, 0.29) is 30.7 Å². The molecule has 1 aromatic carbocycles. The van der Waals surface area contributed by atoms with Crippen LogP contribution in [0.3, 0.4) is 0 Å².